The number of nitrogens with one attached hydrogen (secondary N) is 2. The maximum absolute atomic E-state index is 12.2. The number of methoxy groups -OCH3 is 2. The van der Waals surface area contributed by atoms with E-state index in [9.17, 15) is 9.90 Å². The van der Waals surface area contributed by atoms with Gasteiger partial charge in [0, 0.05) is 17.3 Å². The lowest BCUT2D eigenvalue weighted by molar-refractivity contribution is -0.142. The zero-order chi connectivity index (χ0) is 19.5. The first-order valence-electron chi connectivity index (χ1n) is 7.92. The summed E-state index contributed by atoms with van der Waals surface area (Å²) in [6.45, 7) is 3.38. The lowest BCUT2D eigenvalue weighted by atomic mass is 9.87. The zero-order valence-electron chi connectivity index (χ0n) is 15.2. The van der Waals surface area contributed by atoms with Gasteiger partial charge in [-0.2, -0.15) is 0 Å². The monoisotopic (exact) mass is 357 g/mol. The molecule has 0 aromatic heterocycles. The van der Waals surface area contributed by atoms with Crippen LogP contribution in [0.15, 0.2) is 36.4 Å². The van der Waals surface area contributed by atoms with E-state index in [2.05, 4.69) is 5.32 Å². The summed E-state index contributed by atoms with van der Waals surface area (Å²) < 4.78 is 10.6. The molecule has 5 N–H and O–H groups in total. The number of amidine groups is 1. The number of benzene rings is 2. The van der Waals surface area contributed by atoms with Crippen molar-refractivity contribution in [3.8, 4) is 11.5 Å². The highest BCUT2D eigenvalue weighted by molar-refractivity contribution is 5.95. The second-order valence-corrected chi connectivity index (χ2v) is 6.05. The first-order chi connectivity index (χ1) is 12.2. The number of nitrogen functional groups attached to an aromatic ring is 1. The summed E-state index contributed by atoms with van der Waals surface area (Å²) in [6.07, 6.45) is 0. The van der Waals surface area contributed by atoms with E-state index in [0.717, 1.165) is 0 Å². The van der Waals surface area contributed by atoms with Gasteiger partial charge in [-0.3, -0.25) is 5.41 Å². The first kappa shape index (κ1) is 19.1. The normalized spacial score (nSPS) is 12.8. The fourth-order valence-electron chi connectivity index (χ4n) is 2.77. The quantitative estimate of drug-likeness (QED) is 0.447. The predicted molar refractivity (Wildman–Crippen MR) is 100 cm³/mol. The summed E-state index contributed by atoms with van der Waals surface area (Å²) in [6, 6.07) is 10.1. The Kier molecular flexibility index (Phi) is 5.40. The molecule has 2 rings (SSSR count). The van der Waals surface area contributed by atoms with Crippen LogP contribution in [0.4, 0.5) is 5.69 Å². The van der Waals surface area contributed by atoms with Gasteiger partial charge in [0.15, 0.2) is 5.54 Å². The van der Waals surface area contributed by atoms with Crippen LogP contribution in [0, 0.1) is 12.3 Å². The number of aliphatic carboxylic acids is 1. The number of hydrogen-bond acceptors (Lipinski definition) is 5. The molecule has 0 spiro atoms. The summed E-state index contributed by atoms with van der Waals surface area (Å²) in [4.78, 5) is 12.2. The number of anilines is 1. The van der Waals surface area contributed by atoms with E-state index in [4.69, 9.17) is 20.6 Å². The van der Waals surface area contributed by atoms with Gasteiger partial charge >= 0.3 is 5.97 Å². The molecule has 1 atom stereocenters. The van der Waals surface area contributed by atoms with Crippen molar-refractivity contribution in [2.75, 3.05) is 19.5 Å². The van der Waals surface area contributed by atoms with Crippen molar-refractivity contribution < 1.29 is 19.4 Å². The highest BCUT2D eigenvalue weighted by atomic mass is 16.5. The molecule has 26 heavy (non-hydrogen) atoms. The molecule has 0 aliphatic carbocycles. The van der Waals surface area contributed by atoms with Crippen LogP contribution in [0.3, 0.4) is 0 Å². The Bertz CT molecular complexity index is 833. The second kappa shape index (κ2) is 7.35. The molecule has 0 bridgehead atoms. The minimum absolute atomic E-state index is 0.0501. The third kappa shape index (κ3) is 3.56. The maximum Gasteiger partial charge on any atom is 0.333 e. The van der Waals surface area contributed by atoms with Crippen molar-refractivity contribution in [2.24, 2.45) is 5.73 Å². The average molecular weight is 357 g/mol. The Morgan fingerprint density at radius 1 is 1.19 bits per heavy atom. The third-order valence-corrected chi connectivity index (χ3v) is 4.35. The number of carboxylic acids is 1. The van der Waals surface area contributed by atoms with E-state index in [-0.39, 0.29) is 5.84 Å². The molecule has 0 heterocycles. The van der Waals surface area contributed by atoms with Gasteiger partial charge in [-0.05, 0) is 55.3 Å². The van der Waals surface area contributed by atoms with Gasteiger partial charge in [-0.1, -0.05) is 0 Å². The maximum atomic E-state index is 12.2. The van der Waals surface area contributed by atoms with Gasteiger partial charge in [0.05, 0.1) is 14.2 Å². The second-order valence-electron chi connectivity index (χ2n) is 6.05. The molecule has 2 aromatic carbocycles. The molecule has 0 fully saturated rings. The third-order valence-electron chi connectivity index (χ3n) is 4.35. The summed E-state index contributed by atoms with van der Waals surface area (Å²) >= 11 is 0. The van der Waals surface area contributed by atoms with Crippen LogP contribution in [0.1, 0.15) is 23.6 Å². The molecule has 1 unspecified atom stereocenters. The van der Waals surface area contributed by atoms with E-state index in [1.807, 2.05) is 0 Å². The Hall–Kier alpha value is -3.22. The molecule has 0 saturated carbocycles. The SMILES string of the molecule is COc1cc(OC)c(C)c(C(C)(Nc2ccc(C(=N)N)cc2)C(=O)O)c1. The molecule has 2 aromatic rings. The van der Waals surface area contributed by atoms with Crippen LogP contribution in [0.5, 0.6) is 11.5 Å². The Morgan fingerprint density at radius 3 is 2.27 bits per heavy atom. The Labute approximate surface area is 152 Å². The lowest BCUT2D eigenvalue weighted by Crippen LogP contribution is -2.41. The highest BCUT2D eigenvalue weighted by Gasteiger charge is 2.38. The van der Waals surface area contributed by atoms with Crippen LogP contribution in [0.25, 0.3) is 0 Å². The van der Waals surface area contributed by atoms with Gasteiger partial charge in [0.25, 0.3) is 0 Å². The molecule has 0 amide bonds. The Balaban J connectivity index is 2.53. The largest absolute Gasteiger partial charge is 0.497 e. The minimum Gasteiger partial charge on any atom is -0.497 e. The van der Waals surface area contributed by atoms with E-state index >= 15 is 0 Å². The van der Waals surface area contributed by atoms with Crippen LogP contribution < -0.4 is 20.5 Å². The number of hydrogen-bond donors (Lipinski definition) is 4. The van der Waals surface area contributed by atoms with Gasteiger partial charge in [-0.15, -0.1) is 0 Å². The summed E-state index contributed by atoms with van der Waals surface area (Å²) in [5.74, 6) is -0.0540. The van der Waals surface area contributed by atoms with Crippen molar-refractivity contribution in [2.45, 2.75) is 19.4 Å². The molecule has 0 saturated heterocycles. The Morgan fingerprint density at radius 2 is 1.81 bits per heavy atom. The van der Waals surface area contributed by atoms with E-state index in [1.54, 1.807) is 50.2 Å². The number of ether oxygens (including phenoxy) is 2. The standard InChI is InChI=1S/C19H23N3O4/c1-11-15(9-14(25-3)10-16(11)26-4)19(2,18(23)24)22-13-7-5-12(6-8-13)17(20)21/h5-10,22H,1-4H3,(H3,20,21)(H,23,24). The average Bonchev–Trinajstić information content (AvgIpc) is 2.62. The van der Waals surface area contributed by atoms with Crippen molar-refractivity contribution in [1.29, 1.82) is 5.41 Å². The van der Waals surface area contributed by atoms with Crippen molar-refractivity contribution >= 4 is 17.5 Å². The number of rotatable bonds is 7. The van der Waals surface area contributed by atoms with Gasteiger partial charge in [0.2, 0.25) is 0 Å². The lowest BCUT2D eigenvalue weighted by Gasteiger charge is -2.30. The number of nitrogens with two attached hydrogens (primary N) is 1. The summed E-state index contributed by atoms with van der Waals surface area (Å²) in [5, 5.41) is 20.4. The molecule has 0 radical (unpaired) electrons. The van der Waals surface area contributed by atoms with Gasteiger partial charge in [-0.25, -0.2) is 4.79 Å². The molecule has 0 aliphatic rings. The summed E-state index contributed by atoms with van der Waals surface area (Å²) in [7, 11) is 3.04. The smallest absolute Gasteiger partial charge is 0.333 e. The van der Waals surface area contributed by atoms with Crippen molar-refractivity contribution in [3.05, 3.63) is 53.1 Å². The van der Waals surface area contributed by atoms with Crippen LogP contribution in [0.2, 0.25) is 0 Å². The van der Waals surface area contributed by atoms with Gasteiger partial charge in [0.1, 0.15) is 17.3 Å². The van der Waals surface area contributed by atoms with E-state index in [1.165, 1.54) is 14.2 Å². The fraction of sp³-hybridized carbons (Fsp3) is 0.263. The zero-order valence-corrected chi connectivity index (χ0v) is 15.2. The number of carbonyl (C=O) groups is 1. The van der Waals surface area contributed by atoms with Crippen LogP contribution in [-0.4, -0.2) is 31.1 Å². The van der Waals surface area contributed by atoms with E-state index in [0.29, 0.717) is 33.9 Å². The predicted octanol–water partition coefficient (Wildman–Crippen LogP) is 2.71. The van der Waals surface area contributed by atoms with E-state index < -0.39 is 11.5 Å². The fourth-order valence-corrected chi connectivity index (χ4v) is 2.77. The van der Waals surface area contributed by atoms with Crippen molar-refractivity contribution in [3.63, 3.8) is 0 Å². The summed E-state index contributed by atoms with van der Waals surface area (Å²) in [5.41, 5.74) is 6.40. The molecule has 0 aliphatic heterocycles. The van der Waals surface area contributed by atoms with Crippen LogP contribution >= 0.6 is 0 Å². The topological polar surface area (TPSA) is 118 Å². The number of carboxylic acid groups (broad SMARTS) is 1. The van der Waals surface area contributed by atoms with Crippen LogP contribution in [-0.2, 0) is 10.3 Å². The van der Waals surface area contributed by atoms with Gasteiger partial charge < -0.3 is 25.6 Å². The molecule has 7 nitrogen and oxygen atoms in total. The molecular weight excluding hydrogens is 334 g/mol. The molecule has 7 heteroatoms. The first-order valence-corrected chi connectivity index (χ1v) is 7.92. The van der Waals surface area contributed by atoms with Crippen molar-refractivity contribution in [1.82, 2.24) is 0 Å². The molecule has 138 valence electrons. The minimum atomic E-state index is -1.43. The molecular formula is C19H23N3O4. The highest BCUT2D eigenvalue weighted by Crippen LogP contribution is 2.36.